The molecule has 0 aliphatic carbocycles. The van der Waals surface area contributed by atoms with Crippen LogP contribution in [0.2, 0.25) is 6.04 Å². The van der Waals surface area contributed by atoms with E-state index in [1.54, 1.807) is 0 Å². The molecular formula is C17H33NO5Si. The lowest BCUT2D eigenvalue weighted by Gasteiger charge is -2.20. The van der Waals surface area contributed by atoms with E-state index in [1.807, 2.05) is 0 Å². The first-order chi connectivity index (χ1) is 11.5. The number of nitrogens with zero attached hydrogens (tertiary/aromatic N) is 1. The number of unbranched alkanes of at least 4 members (excludes halogenated alkanes) is 7. The Morgan fingerprint density at radius 2 is 1.17 bits per heavy atom. The standard InChI is InChI=1S/C17H33NO5Si/c1-22-16(20)13-18(14-17(21)23-2)15(19)11-9-7-5-3-4-6-8-10-12-24/h3-14H2,1-2,24H3. The van der Waals surface area contributed by atoms with Crippen molar-refractivity contribution in [3.63, 3.8) is 0 Å². The van der Waals surface area contributed by atoms with E-state index in [2.05, 4.69) is 9.47 Å². The average molecular weight is 360 g/mol. The summed E-state index contributed by atoms with van der Waals surface area (Å²) >= 11 is 0. The number of ether oxygens (including phenoxy) is 2. The number of rotatable bonds is 14. The van der Waals surface area contributed by atoms with Gasteiger partial charge in [0.2, 0.25) is 5.91 Å². The Kier molecular flexibility index (Phi) is 14.3. The third kappa shape index (κ3) is 12.1. The molecule has 1 amide bonds. The van der Waals surface area contributed by atoms with Gasteiger partial charge in [-0.3, -0.25) is 14.4 Å². The largest absolute Gasteiger partial charge is 0.468 e. The number of amides is 1. The van der Waals surface area contributed by atoms with Gasteiger partial charge in [0.25, 0.3) is 0 Å². The minimum absolute atomic E-state index is 0.210. The molecule has 0 aromatic rings. The highest BCUT2D eigenvalue weighted by Gasteiger charge is 2.20. The van der Waals surface area contributed by atoms with Crippen molar-refractivity contribution in [2.24, 2.45) is 0 Å². The second kappa shape index (κ2) is 15.2. The molecule has 0 bridgehead atoms. The summed E-state index contributed by atoms with van der Waals surface area (Å²) in [6.45, 7) is -0.435. The Morgan fingerprint density at radius 3 is 1.58 bits per heavy atom. The van der Waals surface area contributed by atoms with Crippen molar-refractivity contribution in [1.82, 2.24) is 4.90 Å². The summed E-state index contributed by atoms with van der Waals surface area (Å²) in [5.74, 6) is -1.29. The maximum absolute atomic E-state index is 12.2. The highest BCUT2D eigenvalue weighted by molar-refractivity contribution is 6.08. The van der Waals surface area contributed by atoms with Gasteiger partial charge < -0.3 is 14.4 Å². The van der Waals surface area contributed by atoms with Crippen molar-refractivity contribution in [1.29, 1.82) is 0 Å². The molecule has 0 fully saturated rings. The fourth-order valence-electron chi connectivity index (χ4n) is 2.42. The number of carbonyl (C=O) groups excluding carboxylic acids is 3. The van der Waals surface area contributed by atoms with Crippen molar-refractivity contribution in [2.45, 2.75) is 63.8 Å². The zero-order valence-corrected chi connectivity index (χ0v) is 17.5. The van der Waals surface area contributed by atoms with Gasteiger partial charge in [-0.1, -0.05) is 51.0 Å². The quantitative estimate of drug-likeness (QED) is 0.267. The molecule has 0 aliphatic heterocycles. The molecule has 140 valence electrons. The van der Waals surface area contributed by atoms with Crippen molar-refractivity contribution in [2.75, 3.05) is 27.3 Å². The number of hydrogen-bond acceptors (Lipinski definition) is 5. The molecule has 0 saturated heterocycles. The molecule has 0 aromatic heterocycles. The van der Waals surface area contributed by atoms with E-state index >= 15 is 0 Å². The summed E-state index contributed by atoms with van der Waals surface area (Å²) in [5.41, 5.74) is 0. The number of methoxy groups -OCH3 is 2. The molecule has 0 N–H and O–H groups in total. The summed E-state index contributed by atoms with van der Waals surface area (Å²) in [6, 6.07) is 1.40. The first kappa shape index (κ1) is 22.6. The van der Waals surface area contributed by atoms with Crippen LogP contribution in [0.25, 0.3) is 0 Å². The van der Waals surface area contributed by atoms with Gasteiger partial charge in [-0.15, -0.1) is 0 Å². The van der Waals surface area contributed by atoms with E-state index in [-0.39, 0.29) is 19.0 Å². The fraction of sp³-hybridized carbons (Fsp3) is 0.824. The average Bonchev–Trinajstić information content (AvgIpc) is 2.59. The van der Waals surface area contributed by atoms with E-state index in [0.29, 0.717) is 6.42 Å². The third-order valence-corrected chi connectivity index (χ3v) is 4.65. The highest BCUT2D eigenvalue weighted by Crippen LogP contribution is 2.11. The maximum Gasteiger partial charge on any atom is 0.325 e. The molecule has 0 atom stereocenters. The van der Waals surface area contributed by atoms with Gasteiger partial charge in [-0.25, -0.2) is 0 Å². The monoisotopic (exact) mass is 359 g/mol. The highest BCUT2D eigenvalue weighted by atomic mass is 28.1. The predicted octanol–water partition coefficient (Wildman–Crippen LogP) is 1.46. The van der Waals surface area contributed by atoms with Crippen molar-refractivity contribution in [3.05, 3.63) is 0 Å². The molecule has 0 saturated carbocycles. The van der Waals surface area contributed by atoms with Gasteiger partial charge in [0.1, 0.15) is 13.1 Å². The Morgan fingerprint density at radius 1 is 0.750 bits per heavy atom. The Labute approximate surface area is 148 Å². The third-order valence-electron chi connectivity index (χ3n) is 3.94. The minimum atomic E-state index is -0.540. The Hall–Kier alpha value is -1.37. The lowest BCUT2D eigenvalue weighted by atomic mass is 10.1. The smallest absolute Gasteiger partial charge is 0.325 e. The fourth-order valence-corrected chi connectivity index (χ4v) is 2.92. The molecule has 0 rings (SSSR count). The molecule has 7 heteroatoms. The van der Waals surface area contributed by atoms with Crippen LogP contribution in [0.5, 0.6) is 0 Å². The Bertz CT molecular complexity index is 358. The molecule has 6 nitrogen and oxygen atoms in total. The zero-order valence-electron chi connectivity index (χ0n) is 15.5. The normalized spacial score (nSPS) is 10.4. The number of hydrogen-bond donors (Lipinski definition) is 0. The van der Waals surface area contributed by atoms with Gasteiger partial charge in [-0.05, 0) is 6.42 Å². The first-order valence-electron chi connectivity index (χ1n) is 8.96. The van der Waals surface area contributed by atoms with Gasteiger partial charge in [-0.2, -0.15) is 0 Å². The van der Waals surface area contributed by atoms with Crippen LogP contribution in [0.4, 0.5) is 0 Å². The van der Waals surface area contributed by atoms with Gasteiger partial charge in [0, 0.05) is 16.7 Å². The molecule has 0 aliphatic rings. The van der Waals surface area contributed by atoms with Gasteiger partial charge >= 0.3 is 11.9 Å². The summed E-state index contributed by atoms with van der Waals surface area (Å²) in [6.07, 6.45) is 9.75. The van der Waals surface area contributed by atoms with Gasteiger partial charge in [0.05, 0.1) is 14.2 Å². The van der Waals surface area contributed by atoms with E-state index in [9.17, 15) is 14.4 Å². The van der Waals surface area contributed by atoms with Crippen LogP contribution in [-0.2, 0) is 23.9 Å². The van der Waals surface area contributed by atoms with Crippen LogP contribution in [0.1, 0.15) is 57.8 Å². The maximum atomic E-state index is 12.2. The van der Waals surface area contributed by atoms with Crippen LogP contribution >= 0.6 is 0 Å². The second-order valence-electron chi connectivity index (χ2n) is 5.98. The molecular weight excluding hydrogens is 326 g/mol. The minimum Gasteiger partial charge on any atom is -0.468 e. The SMILES string of the molecule is COC(=O)CN(CC(=O)OC)C(=O)CCCCCCCCCC[SiH3]. The first-order valence-corrected chi connectivity index (χ1v) is 10.4. The topological polar surface area (TPSA) is 72.9 Å². The second-order valence-corrected chi connectivity index (χ2v) is 6.98. The van der Waals surface area contributed by atoms with Crippen LogP contribution < -0.4 is 0 Å². The van der Waals surface area contributed by atoms with E-state index in [4.69, 9.17) is 0 Å². The van der Waals surface area contributed by atoms with E-state index < -0.39 is 11.9 Å². The van der Waals surface area contributed by atoms with Gasteiger partial charge in [0.15, 0.2) is 0 Å². The number of esters is 2. The van der Waals surface area contributed by atoms with E-state index in [1.165, 1.54) is 67.5 Å². The lowest BCUT2D eigenvalue weighted by Crippen LogP contribution is -2.40. The molecule has 24 heavy (non-hydrogen) atoms. The van der Waals surface area contributed by atoms with Crippen LogP contribution in [-0.4, -0.2) is 60.3 Å². The molecule has 0 heterocycles. The van der Waals surface area contributed by atoms with E-state index in [0.717, 1.165) is 19.3 Å². The molecule has 0 aromatic carbocycles. The molecule has 0 unspecified atom stereocenters. The Balaban J connectivity index is 3.96. The summed E-state index contributed by atoms with van der Waals surface area (Å²) in [5, 5.41) is 0. The van der Waals surface area contributed by atoms with Crippen LogP contribution in [0, 0.1) is 0 Å². The van der Waals surface area contributed by atoms with Crippen LogP contribution in [0.3, 0.4) is 0 Å². The summed E-state index contributed by atoms with van der Waals surface area (Å²) in [7, 11) is 3.82. The summed E-state index contributed by atoms with van der Waals surface area (Å²) < 4.78 is 9.12. The van der Waals surface area contributed by atoms with Crippen LogP contribution in [0.15, 0.2) is 0 Å². The zero-order chi connectivity index (χ0) is 18.2. The molecule has 0 radical (unpaired) electrons. The predicted molar refractivity (Wildman–Crippen MR) is 96.9 cm³/mol. The van der Waals surface area contributed by atoms with Crippen molar-refractivity contribution < 1.29 is 23.9 Å². The lowest BCUT2D eigenvalue weighted by molar-refractivity contribution is -0.152. The molecule has 0 spiro atoms. The van der Waals surface area contributed by atoms with Crippen molar-refractivity contribution >= 4 is 28.1 Å². The van der Waals surface area contributed by atoms with Crippen molar-refractivity contribution in [3.8, 4) is 0 Å². The number of carbonyl (C=O) groups is 3. The summed E-state index contributed by atoms with van der Waals surface area (Å²) in [4.78, 5) is 36.1.